The van der Waals surface area contributed by atoms with Gasteiger partial charge in [0, 0.05) is 12.1 Å². The van der Waals surface area contributed by atoms with Crippen molar-refractivity contribution in [3.8, 4) is 5.88 Å². The van der Waals surface area contributed by atoms with Crippen LogP contribution in [-0.4, -0.2) is 33.2 Å². The van der Waals surface area contributed by atoms with Crippen LogP contribution in [0.1, 0.15) is 17.0 Å². The van der Waals surface area contributed by atoms with Gasteiger partial charge in [0.2, 0.25) is 11.8 Å². The van der Waals surface area contributed by atoms with Crippen molar-refractivity contribution in [2.45, 2.75) is 6.42 Å². The lowest BCUT2D eigenvalue weighted by Gasteiger charge is -2.07. The number of aromatic nitrogens is 2. The largest absolute Gasteiger partial charge is 0.492 e. The summed E-state index contributed by atoms with van der Waals surface area (Å²) in [6.45, 7) is 0.455. The predicted molar refractivity (Wildman–Crippen MR) is 88.2 cm³/mol. The molecule has 2 aliphatic heterocycles. The van der Waals surface area contributed by atoms with Crippen LogP contribution in [-0.2, 0) is 4.79 Å². The second kappa shape index (κ2) is 4.68. The van der Waals surface area contributed by atoms with Crippen LogP contribution in [0.5, 0.6) is 5.88 Å². The average Bonchev–Trinajstić information content (AvgIpc) is 3.04. The highest BCUT2D eigenvalue weighted by Gasteiger charge is 2.34. The number of hydrogen-bond acceptors (Lipinski definition) is 6. The van der Waals surface area contributed by atoms with Crippen molar-refractivity contribution in [1.82, 2.24) is 15.3 Å². The first-order valence-electron chi connectivity index (χ1n) is 6.49. The Morgan fingerprint density at radius 2 is 2.27 bits per heavy atom. The Morgan fingerprint density at radius 3 is 3.00 bits per heavy atom. The lowest BCUT2D eigenvalue weighted by molar-refractivity contribution is -0.114. The number of thiophene rings is 1. The van der Waals surface area contributed by atoms with E-state index in [1.54, 1.807) is 0 Å². The predicted octanol–water partition coefficient (Wildman–Crippen LogP) is 2.04. The van der Waals surface area contributed by atoms with Crippen LogP contribution in [0.2, 0.25) is 0 Å². The number of imidazole rings is 1. The topological polar surface area (TPSA) is 116 Å². The van der Waals surface area contributed by atoms with Crippen LogP contribution in [0.25, 0.3) is 11.1 Å². The van der Waals surface area contributed by atoms with Gasteiger partial charge in [-0.3, -0.25) is 4.79 Å². The number of H-pyrrole nitrogens is 1. The van der Waals surface area contributed by atoms with Gasteiger partial charge in [-0.25, -0.2) is 4.99 Å². The number of rotatable bonds is 1. The molecule has 2 aromatic heterocycles. The Balaban J connectivity index is 2.02. The smallest absolute Gasteiger partial charge is 0.270 e. The van der Waals surface area contributed by atoms with E-state index in [0.29, 0.717) is 24.4 Å². The normalized spacial score (nSPS) is 17.0. The summed E-state index contributed by atoms with van der Waals surface area (Å²) in [4.78, 5) is 24.2. The van der Waals surface area contributed by atoms with Gasteiger partial charge in [0.1, 0.15) is 11.4 Å². The van der Waals surface area contributed by atoms with Gasteiger partial charge in [-0.05, 0) is 34.0 Å². The molecule has 0 unspecified atom stereocenters. The summed E-state index contributed by atoms with van der Waals surface area (Å²) in [5.74, 6) is -0.248. The molecule has 0 radical (unpaired) electrons. The number of hydrogen-bond donors (Lipinski definition) is 4. The summed E-state index contributed by atoms with van der Waals surface area (Å²) in [5, 5.41) is 12.8. The molecule has 0 aromatic carbocycles. The molecule has 0 bridgehead atoms. The number of nitrogens with one attached hydrogen (secondary N) is 2. The molecule has 0 fully saturated rings. The zero-order valence-electron chi connectivity index (χ0n) is 11.1. The van der Waals surface area contributed by atoms with Crippen molar-refractivity contribution in [3.63, 3.8) is 0 Å². The molecular weight excluding hydrogens is 370 g/mol. The molecule has 22 heavy (non-hydrogen) atoms. The SMILES string of the molecule is Nc1nc(O)c(C2=C3C(=Nc4cc(Br)sc43)C(=O)NCC2)[nH]1. The first-order valence-corrected chi connectivity index (χ1v) is 8.10. The highest BCUT2D eigenvalue weighted by molar-refractivity contribution is 9.11. The molecule has 4 heterocycles. The van der Waals surface area contributed by atoms with Crippen LogP contribution >= 0.6 is 27.3 Å². The van der Waals surface area contributed by atoms with Crippen LogP contribution in [0.3, 0.4) is 0 Å². The number of aromatic amines is 1. The van der Waals surface area contributed by atoms with Gasteiger partial charge in [0.25, 0.3) is 5.91 Å². The first kappa shape index (κ1) is 13.5. The van der Waals surface area contributed by atoms with E-state index in [4.69, 9.17) is 5.73 Å². The number of nitrogen functional groups attached to an aromatic ring is 1. The van der Waals surface area contributed by atoms with Crippen LogP contribution in [0.4, 0.5) is 11.6 Å². The summed E-state index contributed by atoms with van der Waals surface area (Å²) in [6.07, 6.45) is 0.546. The highest BCUT2D eigenvalue weighted by atomic mass is 79.9. The number of carbonyl (C=O) groups is 1. The lowest BCUT2D eigenvalue weighted by Crippen LogP contribution is -2.29. The average molecular weight is 380 g/mol. The zero-order valence-corrected chi connectivity index (χ0v) is 13.5. The number of fused-ring (bicyclic) bond motifs is 3. The quantitative estimate of drug-likeness (QED) is 0.606. The summed E-state index contributed by atoms with van der Waals surface area (Å²) in [5.41, 5.74) is 8.70. The number of halogens is 1. The van der Waals surface area contributed by atoms with E-state index in [2.05, 4.69) is 36.2 Å². The fourth-order valence-electron chi connectivity index (χ4n) is 2.69. The molecule has 2 aliphatic rings. The fraction of sp³-hybridized carbons (Fsp3) is 0.154. The molecular formula is C13H10BrN5O2S. The maximum atomic E-state index is 12.2. The van der Waals surface area contributed by atoms with Crippen molar-refractivity contribution >= 4 is 61.7 Å². The van der Waals surface area contributed by atoms with Gasteiger partial charge in [0.05, 0.1) is 14.4 Å². The second-order valence-corrected chi connectivity index (χ2v) is 7.34. The first-order chi connectivity index (χ1) is 10.5. The molecule has 4 rings (SSSR count). The monoisotopic (exact) mass is 379 g/mol. The Bertz CT molecular complexity index is 879. The van der Waals surface area contributed by atoms with Gasteiger partial charge >= 0.3 is 0 Å². The lowest BCUT2D eigenvalue weighted by atomic mass is 9.99. The van der Waals surface area contributed by atoms with Crippen LogP contribution < -0.4 is 11.1 Å². The molecule has 0 atom stereocenters. The van der Waals surface area contributed by atoms with Crippen LogP contribution in [0, 0.1) is 0 Å². The number of nitrogens with zero attached hydrogens (tertiary/aromatic N) is 2. The minimum atomic E-state index is -0.212. The van der Waals surface area contributed by atoms with E-state index in [1.807, 2.05) is 6.07 Å². The van der Waals surface area contributed by atoms with E-state index >= 15 is 0 Å². The molecule has 1 amide bonds. The standard InChI is InChI=1S/C13H10BrN5O2S/c14-6-3-5-10(22-6)7-4(8-12(21)19-13(15)18-8)1-2-16-11(20)9(7)17-5/h3,21H,1-2H2,(H,16,20)(H3,15,18,19). The summed E-state index contributed by atoms with van der Waals surface area (Å²) < 4.78 is 0.935. The Kier molecular flexibility index (Phi) is 2.88. The maximum absolute atomic E-state index is 12.2. The molecule has 112 valence electrons. The molecule has 7 nitrogen and oxygen atoms in total. The zero-order chi connectivity index (χ0) is 15.4. The van der Waals surface area contributed by atoms with Crippen molar-refractivity contribution in [2.75, 3.05) is 12.3 Å². The molecule has 0 saturated carbocycles. The van der Waals surface area contributed by atoms with E-state index in [1.165, 1.54) is 11.3 Å². The summed E-state index contributed by atoms with van der Waals surface area (Å²) in [6, 6.07) is 1.88. The number of anilines is 1. The van der Waals surface area contributed by atoms with E-state index in [9.17, 15) is 9.90 Å². The van der Waals surface area contributed by atoms with Crippen molar-refractivity contribution in [2.24, 2.45) is 4.99 Å². The molecule has 5 N–H and O–H groups in total. The van der Waals surface area contributed by atoms with Crippen LogP contribution in [0.15, 0.2) is 14.8 Å². The van der Waals surface area contributed by atoms with Gasteiger partial charge in [-0.15, -0.1) is 11.3 Å². The molecule has 0 aliphatic carbocycles. The Hall–Kier alpha value is -2.13. The fourth-order valence-corrected chi connectivity index (χ4v) is 4.29. The third-order valence-electron chi connectivity index (χ3n) is 3.56. The third-order valence-corrected chi connectivity index (χ3v) is 5.21. The van der Waals surface area contributed by atoms with Crippen molar-refractivity contribution < 1.29 is 9.90 Å². The number of amides is 1. The van der Waals surface area contributed by atoms with E-state index in [0.717, 1.165) is 25.5 Å². The van der Waals surface area contributed by atoms with Gasteiger partial charge < -0.3 is 21.1 Å². The Labute approximate surface area is 137 Å². The van der Waals surface area contributed by atoms with Gasteiger partial charge in [-0.1, -0.05) is 0 Å². The van der Waals surface area contributed by atoms with Gasteiger partial charge in [-0.2, -0.15) is 4.98 Å². The van der Waals surface area contributed by atoms with Gasteiger partial charge in [0.15, 0.2) is 0 Å². The highest BCUT2D eigenvalue weighted by Crippen LogP contribution is 2.47. The minimum Gasteiger partial charge on any atom is -0.492 e. The summed E-state index contributed by atoms with van der Waals surface area (Å²) >= 11 is 4.94. The minimum absolute atomic E-state index is 0.133. The molecule has 9 heteroatoms. The summed E-state index contributed by atoms with van der Waals surface area (Å²) in [7, 11) is 0. The molecule has 0 saturated heterocycles. The maximum Gasteiger partial charge on any atom is 0.270 e. The number of nitrogens with two attached hydrogens (primary N) is 1. The van der Waals surface area contributed by atoms with E-state index < -0.39 is 0 Å². The third kappa shape index (κ3) is 1.89. The number of aliphatic imine (C=N–C) groups is 1. The van der Waals surface area contributed by atoms with E-state index in [-0.39, 0.29) is 17.7 Å². The number of aromatic hydroxyl groups is 1. The van der Waals surface area contributed by atoms with Crippen molar-refractivity contribution in [1.29, 1.82) is 0 Å². The Morgan fingerprint density at radius 1 is 1.45 bits per heavy atom. The molecule has 0 spiro atoms. The van der Waals surface area contributed by atoms with Crippen molar-refractivity contribution in [3.05, 3.63) is 20.4 Å². The molecule has 2 aromatic rings. The second-order valence-electron chi connectivity index (χ2n) is 4.91. The number of carbonyl (C=O) groups excluding carboxylic acids is 1.